The largest absolute Gasteiger partial charge is 0.357 e. The fraction of sp³-hybridized carbons (Fsp3) is 0.706. The van der Waals surface area contributed by atoms with E-state index < -0.39 is 0 Å². The van der Waals surface area contributed by atoms with Gasteiger partial charge < -0.3 is 15.5 Å². The molecule has 2 rings (SSSR count). The van der Waals surface area contributed by atoms with Gasteiger partial charge in [-0.1, -0.05) is 6.92 Å². The number of guanidine groups is 1. The van der Waals surface area contributed by atoms with Crippen LogP contribution in [-0.2, 0) is 6.54 Å². The number of hydrogen-bond acceptors (Lipinski definition) is 3. The Hall–Kier alpha value is -0.340. The van der Waals surface area contributed by atoms with E-state index in [9.17, 15) is 0 Å². The van der Waals surface area contributed by atoms with Crippen LogP contribution in [-0.4, -0.2) is 43.6 Å². The van der Waals surface area contributed by atoms with Crippen molar-refractivity contribution in [1.29, 1.82) is 0 Å². The summed E-state index contributed by atoms with van der Waals surface area (Å²) in [6.07, 6.45) is 2.72. The summed E-state index contributed by atoms with van der Waals surface area (Å²) in [5, 5.41) is 6.79. The van der Waals surface area contributed by atoms with Crippen molar-refractivity contribution in [2.45, 2.75) is 40.2 Å². The number of aliphatic imine (C=N–C) groups is 1. The number of rotatable bonds is 6. The molecule has 0 aromatic carbocycles. The number of nitrogens with one attached hydrogen (secondary N) is 2. The number of likely N-dealkylation sites (tertiary alicyclic amines) is 1. The molecule has 132 valence electrons. The maximum absolute atomic E-state index is 4.68. The summed E-state index contributed by atoms with van der Waals surface area (Å²) in [6, 6.07) is 4.33. The zero-order valence-electron chi connectivity index (χ0n) is 14.6. The molecule has 23 heavy (non-hydrogen) atoms. The number of piperidine rings is 1. The molecule has 1 aromatic heterocycles. The van der Waals surface area contributed by atoms with Crippen LogP contribution in [0.25, 0.3) is 0 Å². The normalized spacial score (nSPS) is 19.3. The first-order valence-corrected chi connectivity index (χ1v) is 9.29. The predicted molar refractivity (Wildman–Crippen MR) is 112 cm³/mol. The highest BCUT2D eigenvalue weighted by molar-refractivity contribution is 14.0. The molecule has 2 heterocycles. The van der Waals surface area contributed by atoms with Crippen LogP contribution in [0.5, 0.6) is 0 Å². The van der Waals surface area contributed by atoms with Crippen LogP contribution >= 0.6 is 35.3 Å². The van der Waals surface area contributed by atoms with Gasteiger partial charge in [0.05, 0.1) is 6.54 Å². The molecule has 0 radical (unpaired) electrons. The number of hydrogen-bond donors (Lipinski definition) is 2. The van der Waals surface area contributed by atoms with Gasteiger partial charge in [0.15, 0.2) is 5.96 Å². The van der Waals surface area contributed by atoms with Gasteiger partial charge in [0, 0.05) is 35.9 Å². The van der Waals surface area contributed by atoms with Crippen LogP contribution in [0.1, 0.15) is 36.4 Å². The fourth-order valence-electron chi connectivity index (χ4n) is 2.89. The Morgan fingerprint density at radius 2 is 2.22 bits per heavy atom. The molecule has 1 aliphatic rings. The minimum absolute atomic E-state index is 0. The standard InChI is InChI=1S/C17H30N4S.HI/c1-4-18-17(20-12-16-8-7-15(3)22-16)19-9-11-21-10-5-6-14(2)13-21;/h7-8,14H,4-6,9-13H2,1-3H3,(H2,18,19,20);1H. The van der Waals surface area contributed by atoms with E-state index in [-0.39, 0.29) is 24.0 Å². The Labute approximate surface area is 162 Å². The van der Waals surface area contributed by atoms with E-state index in [1.165, 1.54) is 35.7 Å². The molecule has 0 saturated carbocycles. The third-order valence-corrected chi connectivity index (χ3v) is 4.98. The molecule has 0 spiro atoms. The topological polar surface area (TPSA) is 39.7 Å². The van der Waals surface area contributed by atoms with Gasteiger partial charge in [0.2, 0.25) is 0 Å². The first kappa shape index (κ1) is 20.7. The highest BCUT2D eigenvalue weighted by atomic mass is 127. The van der Waals surface area contributed by atoms with Crippen molar-refractivity contribution in [2.75, 3.05) is 32.7 Å². The van der Waals surface area contributed by atoms with Crippen molar-refractivity contribution in [2.24, 2.45) is 10.9 Å². The SMILES string of the molecule is CCNC(=NCc1ccc(C)s1)NCCN1CCCC(C)C1.I. The molecule has 6 heteroatoms. The van der Waals surface area contributed by atoms with Crippen LogP contribution in [0.3, 0.4) is 0 Å². The van der Waals surface area contributed by atoms with E-state index in [2.05, 4.69) is 53.4 Å². The molecule has 0 bridgehead atoms. The monoisotopic (exact) mass is 450 g/mol. The van der Waals surface area contributed by atoms with Gasteiger partial charge >= 0.3 is 0 Å². The van der Waals surface area contributed by atoms with E-state index in [0.717, 1.165) is 38.1 Å². The van der Waals surface area contributed by atoms with Gasteiger partial charge in [-0.25, -0.2) is 4.99 Å². The van der Waals surface area contributed by atoms with Crippen molar-refractivity contribution >= 4 is 41.3 Å². The zero-order chi connectivity index (χ0) is 15.8. The lowest BCUT2D eigenvalue weighted by Gasteiger charge is -2.30. The molecule has 0 aliphatic carbocycles. The summed E-state index contributed by atoms with van der Waals surface area (Å²) in [5.41, 5.74) is 0. The van der Waals surface area contributed by atoms with Crippen LogP contribution < -0.4 is 10.6 Å². The molecule has 1 aromatic rings. The van der Waals surface area contributed by atoms with Crippen molar-refractivity contribution in [3.63, 3.8) is 0 Å². The van der Waals surface area contributed by atoms with Crippen molar-refractivity contribution in [1.82, 2.24) is 15.5 Å². The van der Waals surface area contributed by atoms with Gasteiger partial charge in [-0.15, -0.1) is 35.3 Å². The third-order valence-electron chi connectivity index (χ3n) is 3.99. The average Bonchev–Trinajstić information content (AvgIpc) is 2.90. The Morgan fingerprint density at radius 3 is 2.87 bits per heavy atom. The lowest BCUT2D eigenvalue weighted by Crippen LogP contribution is -2.43. The molecule has 1 fully saturated rings. The first-order valence-electron chi connectivity index (χ1n) is 8.47. The lowest BCUT2D eigenvalue weighted by molar-refractivity contribution is 0.187. The second-order valence-electron chi connectivity index (χ2n) is 6.18. The minimum Gasteiger partial charge on any atom is -0.357 e. The molecule has 0 amide bonds. The van der Waals surface area contributed by atoms with E-state index in [1.54, 1.807) is 0 Å². The van der Waals surface area contributed by atoms with Crippen LogP contribution in [0.15, 0.2) is 17.1 Å². The Kier molecular flexibility index (Phi) is 10.1. The average molecular weight is 450 g/mol. The second-order valence-corrected chi connectivity index (χ2v) is 7.55. The highest BCUT2D eigenvalue weighted by Crippen LogP contribution is 2.16. The molecule has 1 aliphatic heterocycles. The molecular weight excluding hydrogens is 419 g/mol. The molecular formula is C17H31IN4S. The van der Waals surface area contributed by atoms with Crippen LogP contribution in [0.2, 0.25) is 0 Å². The molecule has 1 saturated heterocycles. The lowest BCUT2D eigenvalue weighted by atomic mass is 10.0. The van der Waals surface area contributed by atoms with E-state index >= 15 is 0 Å². The van der Waals surface area contributed by atoms with Crippen molar-refractivity contribution in [3.8, 4) is 0 Å². The fourth-order valence-corrected chi connectivity index (χ4v) is 3.71. The summed E-state index contributed by atoms with van der Waals surface area (Å²) in [4.78, 5) is 9.91. The summed E-state index contributed by atoms with van der Waals surface area (Å²) < 4.78 is 0. The summed E-state index contributed by atoms with van der Waals surface area (Å²) >= 11 is 1.82. The quantitative estimate of drug-likeness (QED) is 0.396. The second kappa shape index (κ2) is 11.3. The summed E-state index contributed by atoms with van der Waals surface area (Å²) in [6.45, 7) is 12.8. The van der Waals surface area contributed by atoms with Gasteiger partial charge in [-0.2, -0.15) is 0 Å². The van der Waals surface area contributed by atoms with Gasteiger partial charge in [-0.05, 0) is 51.3 Å². The molecule has 1 atom stereocenters. The summed E-state index contributed by atoms with van der Waals surface area (Å²) in [5.74, 6) is 1.77. The third kappa shape index (κ3) is 7.85. The van der Waals surface area contributed by atoms with Gasteiger partial charge in [0.1, 0.15) is 0 Å². The van der Waals surface area contributed by atoms with E-state index in [1.807, 2.05) is 11.3 Å². The van der Waals surface area contributed by atoms with Crippen molar-refractivity contribution < 1.29 is 0 Å². The molecule has 4 nitrogen and oxygen atoms in total. The highest BCUT2D eigenvalue weighted by Gasteiger charge is 2.15. The number of halogens is 1. The Balaban J connectivity index is 0.00000264. The molecule has 1 unspecified atom stereocenters. The zero-order valence-corrected chi connectivity index (χ0v) is 17.7. The van der Waals surface area contributed by atoms with Crippen LogP contribution in [0, 0.1) is 12.8 Å². The van der Waals surface area contributed by atoms with Crippen LogP contribution in [0.4, 0.5) is 0 Å². The number of thiophene rings is 1. The number of nitrogens with zero attached hydrogens (tertiary/aromatic N) is 2. The smallest absolute Gasteiger partial charge is 0.191 e. The van der Waals surface area contributed by atoms with E-state index in [0.29, 0.717) is 0 Å². The van der Waals surface area contributed by atoms with Gasteiger partial charge in [-0.3, -0.25) is 0 Å². The van der Waals surface area contributed by atoms with E-state index in [4.69, 9.17) is 0 Å². The Morgan fingerprint density at radius 1 is 1.39 bits per heavy atom. The number of aryl methyl sites for hydroxylation is 1. The molecule has 2 N–H and O–H groups in total. The minimum atomic E-state index is 0. The first-order chi connectivity index (χ1) is 10.7. The Bertz CT molecular complexity index is 475. The van der Waals surface area contributed by atoms with Crippen molar-refractivity contribution in [3.05, 3.63) is 21.9 Å². The maximum atomic E-state index is 4.68. The predicted octanol–water partition coefficient (Wildman–Crippen LogP) is 3.46. The summed E-state index contributed by atoms with van der Waals surface area (Å²) in [7, 11) is 0. The van der Waals surface area contributed by atoms with Gasteiger partial charge in [0.25, 0.3) is 0 Å². The maximum Gasteiger partial charge on any atom is 0.191 e.